The van der Waals surface area contributed by atoms with E-state index in [1.807, 2.05) is 0 Å². The fourth-order valence-electron chi connectivity index (χ4n) is 5.70. The van der Waals surface area contributed by atoms with Crippen LogP contribution < -0.4 is 10.4 Å². The topological polar surface area (TPSA) is 36.9 Å². The second kappa shape index (κ2) is 8.12. The van der Waals surface area contributed by atoms with Gasteiger partial charge in [-0.15, -0.1) is 0 Å². The highest BCUT2D eigenvalue weighted by molar-refractivity contribution is 6.99. The highest BCUT2D eigenvalue weighted by Crippen LogP contribution is 2.46. The van der Waals surface area contributed by atoms with Gasteiger partial charge in [-0.25, -0.2) is 0 Å². The van der Waals surface area contributed by atoms with Crippen LogP contribution in [0.4, 0.5) is 0 Å². The van der Waals surface area contributed by atoms with Gasteiger partial charge in [-0.2, -0.15) is 0 Å². The van der Waals surface area contributed by atoms with E-state index in [2.05, 4.69) is 81.4 Å². The third-order valence-corrected chi connectivity index (χ3v) is 12.2. The van der Waals surface area contributed by atoms with Crippen molar-refractivity contribution in [2.45, 2.75) is 75.6 Å². The number of benzene rings is 2. The van der Waals surface area contributed by atoms with Crippen LogP contribution in [0.5, 0.6) is 0 Å². The van der Waals surface area contributed by atoms with Crippen LogP contribution in [0, 0.1) is 0 Å². The molecule has 2 aromatic rings. The fourth-order valence-corrected chi connectivity index (χ4v) is 10.4. The van der Waals surface area contributed by atoms with Crippen LogP contribution in [-0.2, 0) is 18.6 Å². The largest absolute Gasteiger partial charge is 0.404 e. The van der Waals surface area contributed by atoms with E-state index in [0.717, 1.165) is 38.9 Å². The molecule has 3 atom stereocenters. The first-order valence-electron chi connectivity index (χ1n) is 11.6. The Hall–Kier alpha value is -1.50. The molecule has 2 aliphatic heterocycles. The fraction of sp³-hybridized carbons (Fsp3) is 0.538. The van der Waals surface area contributed by atoms with Gasteiger partial charge >= 0.3 is 0 Å². The third-order valence-electron chi connectivity index (χ3n) is 7.15. The molecule has 2 aromatic carbocycles. The van der Waals surface area contributed by atoms with Gasteiger partial charge in [0.25, 0.3) is 8.32 Å². The lowest BCUT2D eigenvalue weighted by Crippen LogP contribution is -2.67. The molecule has 0 aromatic heterocycles. The summed E-state index contributed by atoms with van der Waals surface area (Å²) in [6.45, 7) is 8.44. The van der Waals surface area contributed by atoms with Gasteiger partial charge in [0.15, 0.2) is 5.79 Å². The van der Waals surface area contributed by atoms with Crippen LogP contribution in [0.15, 0.2) is 60.7 Å². The summed E-state index contributed by atoms with van der Waals surface area (Å²) in [4.78, 5) is 0. The quantitative estimate of drug-likeness (QED) is 0.676. The maximum atomic E-state index is 7.30. The second-order valence-electron chi connectivity index (χ2n) is 10.2. The van der Waals surface area contributed by atoms with Gasteiger partial charge in [0.05, 0.1) is 31.5 Å². The summed E-state index contributed by atoms with van der Waals surface area (Å²) in [5.41, 5.74) is 0. The van der Waals surface area contributed by atoms with Crippen molar-refractivity contribution in [2.24, 2.45) is 0 Å². The van der Waals surface area contributed by atoms with Crippen molar-refractivity contribution in [3.63, 3.8) is 0 Å². The van der Waals surface area contributed by atoms with Crippen LogP contribution in [0.25, 0.3) is 0 Å². The summed E-state index contributed by atoms with van der Waals surface area (Å²) >= 11 is 0. The van der Waals surface area contributed by atoms with Crippen molar-refractivity contribution in [3.8, 4) is 0 Å². The lowest BCUT2D eigenvalue weighted by Gasteiger charge is -2.45. The van der Waals surface area contributed by atoms with Crippen LogP contribution in [-0.4, -0.2) is 45.6 Å². The minimum Gasteiger partial charge on any atom is -0.404 e. The highest BCUT2D eigenvalue weighted by Gasteiger charge is 2.56. The summed E-state index contributed by atoms with van der Waals surface area (Å²) in [6.07, 6.45) is 3.86. The zero-order valence-electron chi connectivity index (χ0n) is 18.9. The molecule has 0 N–H and O–H groups in total. The molecule has 3 aliphatic rings. The smallest absolute Gasteiger partial charge is 0.261 e. The lowest BCUT2D eigenvalue weighted by molar-refractivity contribution is -0.222. The first-order chi connectivity index (χ1) is 14.9. The molecule has 0 radical (unpaired) electrons. The van der Waals surface area contributed by atoms with E-state index >= 15 is 0 Å². The number of ether oxygens (including phenoxy) is 3. The summed E-state index contributed by atoms with van der Waals surface area (Å²) in [5.74, 6) is -0.421. The lowest BCUT2D eigenvalue weighted by atomic mass is 10.1. The molecule has 1 aliphatic carbocycles. The number of hydrogen-bond donors (Lipinski definition) is 0. The molecule has 166 valence electrons. The van der Waals surface area contributed by atoms with E-state index in [1.54, 1.807) is 0 Å². The van der Waals surface area contributed by atoms with E-state index in [-0.39, 0.29) is 23.4 Å². The SMILES string of the molecule is CC(C)(C)[Si](O[C@H]1C[C@@H]2OC3(CCOCC3)O[C@@H]2C1)(c1ccccc1)c1ccccc1. The van der Waals surface area contributed by atoms with Gasteiger partial charge in [0.2, 0.25) is 0 Å². The number of rotatable bonds is 4. The first kappa shape index (κ1) is 21.3. The molecular weight excluding hydrogens is 404 g/mol. The maximum absolute atomic E-state index is 7.30. The van der Waals surface area contributed by atoms with Crippen molar-refractivity contribution in [1.29, 1.82) is 0 Å². The summed E-state index contributed by atoms with van der Waals surface area (Å²) in [5, 5.41) is 2.64. The molecule has 0 unspecified atom stereocenters. The molecule has 4 nitrogen and oxygen atoms in total. The molecule has 5 rings (SSSR count). The Kier molecular flexibility index (Phi) is 5.60. The predicted octanol–water partition coefficient (Wildman–Crippen LogP) is 4.02. The van der Waals surface area contributed by atoms with Gasteiger partial charge in [0.1, 0.15) is 0 Å². The maximum Gasteiger partial charge on any atom is 0.261 e. The average molecular weight is 439 g/mol. The summed E-state index contributed by atoms with van der Waals surface area (Å²) in [6, 6.07) is 21.7. The Morgan fingerprint density at radius 1 is 0.806 bits per heavy atom. The molecular formula is C26H34O4Si. The Balaban J connectivity index is 1.44. The highest BCUT2D eigenvalue weighted by atomic mass is 28.4. The molecule has 1 saturated carbocycles. The van der Waals surface area contributed by atoms with Crippen molar-refractivity contribution < 1.29 is 18.6 Å². The summed E-state index contributed by atoms with van der Waals surface area (Å²) < 4.78 is 25.8. The van der Waals surface area contributed by atoms with Crippen molar-refractivity contribution in [2.75, 3.05) is 13.2 Å². The predicted molar refractivity (Wildman–Crippen MR) is 124 cm³/mol. The molecule has 2 heterocycles. The average Bonchev–Trinajstić information content (AvgIpc) is 3.27. The Morgan fingerprint density at radius 2 is 1.29 bits per heavy atom. The number of hydrogen-bond acceptors (Lipinski definition) is 4. The van der Waals surface area contributed by atoms with Gasteiger partial charge in [0, 0.05) is 25.7 Å². The van der Waals surface area contributed by atoms with Gasteiger partial charge < -0.3 is 18.6 Å². The number of fused-ring (bicyclic) bond motifs is 1. The molecule has 1 spiro atoms. The first-order valence-corrected chi connectivity index (χ1v) is 13.5. The molecule has 2 saturated heterocycles. The standard InChI is InChI=1S/C26H34O4Si/c1-25(2,3)31(21-10-6-4-7-11-21,22-12-8-5-9-13-22)30-20-18-23-24(19-20)29-26(28-23)14-16-27-17-15-26/h4-13,20,23-24H,14-19H2,1-3H3/t20-,23-,24+. The third kappa shape index (κ3) is 3.81. The monoisotopic (exact) mass is 438 g/mol. The van der Waals surface area contributed by atoms with E-state index < -0.39 is 14.1 Å². The van der Waals surface area contributed by atoms with Crippen LogP contribution in [0.3, 0.4) is 0 Å². The molecule has 3 fully saturated rings. The normalized spacial score (nSPS) is 28.0. The van der Waals surface area contributed by atoms with Crippen LogP contribution in [0.2, 0.25) is 5.04 Å². The minimum absolute atomic E-state index is 0.0168. The minimum atomic E-state index is -2.54. The van der Waals surface area contributed by atoms with E-state index in [9.17, 15) is 0 Å². The van der Waals surface area contributed by atoms with Gasteiger partial charge in [-0.05, 0) is 15.4 Å². The molecule has 0 bridgehead atoms. The van der Waals surface area contributed by atoms with Crippen molar-refractivity contribution in [1.82, 2.24) is 0 Å². The van der Waals surface area contributed by atoms with Crippen molar-refractivity contribution >= 4 is 18.7 Å². The Morgan fingerprint density at radius 3 is 1.74 bits per heavy atom. The van der Waals surface area contributed by atoms with Gasteiger partial charge in [-0.3, -0.25) is 0 Å². The zero-order chi connectivity index (χ0) is 21.5. The summed E-state index contributed by atoms with van der Waals surface area (Å²) in [7, 11) is -2.54. The molecule has 31 heavy (non-hydrogen) atoms. The van der Waals surface area contributed by atoms with Crippen molar-refractivity contribution in [3.05, 3.63) is 60.7 Å². The van der Waals surface area contributed by atoms with E-state index in [0.29, 0.717) is 0 Å². The van der Waals surface area contributed by atoms with Gasteiger partial charge in [-0.1, -0.05) is 81.4 Å². The van der Waals surface area contributed by atoms with Crippen LogP contribution in [0.1, 0.15) is 46.5 Å². The van der Waals surface area contributed by atoms with E-state index in [4.69, 9.17) is 18.6 Å². The molecule has 5 heteroatoms. The zero-order valence-corrected chi connectivity index (χ0v) is 19.9. The Labute approximate surface area is 187 Å². The Bertz CT molecular complexity index is 818. The van der Waals surface area contributed by atoms with E-state index in [1.165, 1.54) is 10.4 Å². The molecule has 0 amide bonds. The second-order valence-corrected chi connectivity index (χ2v) is 14.5. The van der Waals surface area contributed by atoms with Crippen LogP contribution >= 0.6 is 0 Å².